The molecular weight excluding hydrogens is 415 g/mol. The van der Waals surface area contributed by atoms with Gasteiger partial charge in [0.25, 0.3) is 5.56 Å². The maximum atomic E-state index is 12.7. The third kappa shape index (κ3) is 6.06. The molecule has 3 rings (SSSR count). The molecule has 0 aliphatic carbocycles. The van der Waals surface area contributed by atoms with Crippen molar-refractivity contribution in [2.75, 3.05) is 26.7 Å². The van der Waals surface area contributed by atoms with E-state index in [9.17, 15) is 22.8 Å². The zero-order valence-corrected chi connectivity index (χ0v) is 17.2. The smallest absolute Gasteiger partial charge is 0.389 e. The van der Waals surface area contributed by atoms with Crippen LogP contribution in [-0.4, -0.2) is 53.3 Å². The lowest BCUT2D eigenvalue weighted by Crippen LogP contribution is -2.30. The van der Waals surface area contributed by atoms with Crippen molar-refractivity contribution in [1.82, 2.24) is 14.5 Å². The van der Waals surface area contributed by atoms with Gasteiger partial charge in [-0.25, -0.2) is 4.79 Å². The number of pyridine rings is 2. The van der Waals surface area contributed by atoms with E-state index in [0.29, 0.717) is 25.2 Å². The molecule has 0 saturated heterocycles. The summed E-state index contributed by atoms with van der Waals surface area (Å²) in [7, 11) is 1.25. The van der Waals surface area contributed by atoms with E-state index in [2.05, 4.69) is 4.98 Å². The predicted octanol–water partition coefficient (Wildman–Crippen LogP) is 2.81. The topological polar surface area (TPSA) is 73.7 Å². The zero-order valence-electron chi connectivity index (χ0n) is 17.2. The Kier molecular flexibility index (Phi) is 7.32. The Morgan fingerprint density at radius 1 is 1.19 bits per heavy atom. The molecule has 0 spiro atoms. The second kappa shape index (κ2) is 9.95. The zero-order chi connectivity index (χ0) is 22.4. The number of fused-ring (bicyclic) bond motifs is 1. The minimum atomic E-state index is -4.19. The van der Waals surface area contributed by atoms with E-state index < -0.39 is 18.6 Å². The first-order chi connectivity index (χ1) is 14.8. The standard InChI is InChI=1S/C21H24F3N3O4/c1-30-20(29)19-16-5-10-26(9-2-6-21(22,23)24)11-12-27(16)18(28)13-17(19)31-14-15-3-7-25-8-4-15/h3-4,7-8,13H,2,5-6,9-12,14H2,1H3. The van der Waals surface area contributed by atoms with Crippen LogP contribution in [0.2, 0.25) is 0 Å². The van der Waals surface area contributed by atoms with E-state index in [-0.39, 0.29) is 43.0 Å². The van der Waals surface area contributed by atoms with Gasteiger partial charge in [0, 0.05) is 56.6 Å². The minimum Gasteiger partial charge on any atom is -0.488 e. The first-order valence-electron chi connectivity index (χ1n) is 9.94. The van der Waals surface area contributed by atoms with Crippen LogP contribution < -0.4 is 10.3 Å². The van der Waals surface area contributed by atoms with Crippen molar-refractivity contribution < 1.29 is 27.4 Å². The number of ether oxygens (including phenoxy) is 2. The Hall–Kier alpha value is -2.88. The highest BCUT2D eigenvalue weighted by atomic mass is 19.4. The number of hydrogen-bond donors (Lipinski definition) is 0. The van der Waals surface area contributed by atoms with Gasteiger partial charge in [-0.05, 0) is 30.7 Å². The molecule has 1 aliphatic rings. The number of rotatable bonds is 7. The second-order valence-corrected chi connectivity index (χ2v) is 7.27. The van der Waals surface area contributed by atoms with Crippen LogP contribution >= 0.6 is 0 Å². The number of esters is 1. The van der Waals surface area contributed by atoms with Crippen molar-refractivity contribution in [3.05, 3.63) is 57.8 Å². The first kappa shape index (κ1) is 22.8. The van der Waals surface area contributed by atoms with E-state index in [4.69, 9.17) is 9.47 Å². The van der Waals surface area contributed by atoms with E-state index in [1.165, 1.54) is 17.7 Å². The van der Waals surface area contributed by atoms with Crippen molar-refractivity contribution in [2.24, 2.45) is 0 Å². The summed E-state index contributed by atoms with van der Waals surface area (Å²) in [5.41, 5.74) is 1.14. The van der Waals surface area contributed by atoms with Crippen molar-refractivity contribution in [3.63, 3.8) is 0 Å². The Balaban J connectivity index is 1.82. The lowest BCUT2D eigenvalue weighted by molar-refractivity contribution is -0.136. The SMILES string of the molecule is COC(=O)c1c(OCc2ccncc2)cc(=O)n2c1CCN(CCCC(F)(F)F)CC2. The molecule has 3 heterocycles. The van der Waals surface area contributed by atoms with Gasteiger partial charge in [0.1, 0.15) is 17.9 Å². The van der Waals surface area contributed by atoms with Gasteiger partial charge in [0.15, 0.2) is 0 Å². The van der Waals surface area contributed by atoms with Crippen LogP contribution in [0.25, 0.3) is 0 Å². The third-order valence-electron chi connectivity index (χ3n) is 5.15. The molecule has 168 valence electrons. The Labute approximate surface area is 177 Å². The van der Waals surface area contributed by atoms with E-state index in [1.54, 1.807) is 24.5 Å². The highest BCUT2D eigenvalue weighted by Crippen LogP contribution is 2.26. The molecule has 2 aromatic rings. The van der Waals surface area contributed by atoms with Gasteiger partial charge in [-0.2, -0.15) is 13.2 Å². The summed E-state index contributed by atoms with van der Waals surface area (Å²) in [6, 6.07) is 4.77. The predicted molar refractivity (Wildman–Crippen MR) is 106 cm³/mol. The number of hydrogen-bond acceptors (Lipinski definition) is 6. The minimum absolute atomic E-state index is 0.0150. The van der Waals surface area contributed by atoms with Gasteiger partial charge >= 0.3 is 12.1 Å². The van der Waals surface area contributed by atoms with Crippen molar-refractivity contribution in [1.29, 1.82) is 0 Å². The lowest BCUT2D eigenvalue weighted by Gasteiger charge is -2.19. The maximum absolute atomic E-state index is 12.7. The molecule has 0 atom stereocenters. The number of methoxy groups -OCH3 is 1. The number of nitrogens with zero attached hydrogens (tertiary/aromatic N) is 3. The van der Waals surface area contributed by atoms with Crippen molar-refractivity contribution >= 4 is 5.97 Å². The van der Waals surface area contributed by atoms with E-state index in [0.717, 1.165) is 5.56 Å². The fourth-order valence-electron chi connectivity index (χ4n) is 3.60. The molecule has 1 aliphatic heterocycles. The average Bonchev–Trinajstić information content (AvgIpc) is 2.95. The average molecular weight is 439 g/mol. The third-order valence-corrected chi connectivity index (χ3v) is 5.15. The summed E-state index contributed by atoms with van der Waals surface area (Å²) in [6.45, 7) is 1.52. The molecule has 0 saturated carbocycles. The van der Waals surface area contributed by atoms with Crippen LogP contribution in [0.4, 0.5) is 13.2 Å². The Morgan fingerprint density at radius 3 is 2.61 bits per heavy atom. The van der Waals surface area contributed by atoms with Crippen LogP contribution in [0.3, 0.4) is 0 Å². The fourth-order valence-corrected chi connectivity index (χ4v) is 3.60. The number of aromatic nitrogens is 2. The van der Waals surface area contributed by atoms with Crippen LogP contribution in [0.5, 0.6) is 5.75 Å². The molecule has 0 unspecified atom stereocenters. The quantitative estimate of drug-likeness (QED) is 0.618. The maximum Gasteiger partial charge on any atom is 0.389 e. The van der Waals surface area contributed by atoms with E-state index >= 15 is 0 Å². The molecule has 0 fully saturated rings. The summed E-state index contributed by atoms with van der Waals surface area (Å²) in [5.74, 6) is -0.496. The Bertz CT molecular complexity index is 961. The van der Waals surface area contributed by atoms with Crippen LogP contribution in [0, 0.1) is 0 Å². The molecule has 0 amide bonds. The largest absolute Gasteiger partial charge is 0.488 e. The molecule has 7 nitrogen and oxygen atoms in total. The summed E-state index contributed by atoms with van der Waals surface area (Å²) >= 11 is 0. The molecule has 31 heavy (non-hydrogen) atoms. The lowest BCUT2D eigenvalue weighted by atomic mass is 10.1. The molecule has 0 N–H and O–H groups in total. The van der Waals surface area contributed by atoms with Gasteiger partial charge in [-0.1, -0.05) is 0 Å². The van der Waals surface area contributed by atoms with Crippen molar-refractivity contribution in [3.8, 4) is 5.75 Å². The van der Waals surface area contributed by atoms with Gasteiger partial charge in [0.2, 0.25) is 0 Å². The molecule has 0 aromatic carbocycles. The van der Waals surface area contributed by atoms with Gasteiger partial charge < -0.3 is 18.9 Å². The van der Waals surface area contributed by atoms with Crippen LogP contribution in [0.15, 0.2) is 35.4 Å². The number of carbonyl (C=O) groups excluding carboxylic acids is 1. The van der Waals surface area contributed by atoms with Crippen molar-refractivity contribution in [2.45, 2.75) is 38.6 Å². The summed E-state index contributed by atoms with van der Waals surface area (Å²) in [6.07, 6.45) is -1.52. The van der Waals surface area contributed by atoms with Crippen LogP contribution in [0.1, 0.15) is 34.5 Å². The normalized spacial score (nSPS) is 14.6. The second-order valence-electron chi connectivity index (χ2n) is 7.27. The first-order valence-corrected chi connectivity index (χ1v) is 9.94. The molecule has 2 aromatic heterocycles. The fraction of sp³-hybridized carbons (Fsp3) is 0.476. The van der Waals surface area contributed by atoms with Gasteiger partial charge in [-0.15, -0.1) is 0 Å². The summed E-state index contributed by atoms with van der Waals surface area (Å²) in [5, 5.41) is 0. The highest BCUT2D eigenvalue weighted by Gasteiger charge is 2.28. The summed E-state index contributed by atoms with van der Waals surface area (Å²) < 4.78 is 49.5. The van der Waals surface area contributed by atoms with Gasteiger partial charge in [-0.3, -0.25) is 9.78 Å². The van der Waals surface area contributed by atoms with E-state index in [1.807, 2.05) is 4.90 Å². The number of alkyl halides is 3. The molecule has 0 bridgehead atoms. The Morgan fingerprint density at radius 2 is 1.94 bits per heavy atom. The highest BCUT2D eigenvalue weighted by molar-refractivity contribution is 5.93. The summed E-state index contributed by atoms with van der Waals surface area (Å²) in [4.78, 5) is 31.1. The number of halogens is 3. The monoisotopic (exact) mass is 439 g/mol. The van der Waals surface area contributed by atoms with Gasteiger partial charge in [0.05, 0.1) is 7.11 Å². The molecule has 10 heteroatoms. The van der Waals surface area contributed by atoms with Crippen LogP contribution in [-0.2, 0) is 24.3 Å². The molecular formula is C21H24F3N3O4. The molecule has 0 radical (unpaired) electrons. The number of carbonyl (C=O) groups is 1.